The van der Waals surface area contributed by atoms with Crippen LogP contribution in [-0.4, -0.2) is 49.7 Å². The van der Waals surface area contributed by atoms with Crippen LogP contribution in [0.3, 0.4) is 0 Å². The summed E-state index contributed by atoms with van der Waals surface area (Å²) in [5.74, 6) is 2.97. The van der Waals surface area contributed by atoms with Crippen LogP contribution in [0.1, 0.15) is 56.9 Å². The molecule has 1 saturated carbocycles. The van der Waals surface area contributed by atoms with Crippen molar-refractivity contribution < 1.29 is 4.52 Å². The maximum Gasteiger partial charge on any atom is 0.191 e. The molecule has 1 aliphatic rings. The number of rotatable bonds is 9. The molecule has 0 saturated heterocycles. The Morgan fingerprint density at radius 1 is 1.33 bits per heavy atom. The first-order chi connectivity index (χ1) is 11.6. The van der Waals surface area contributed by atoms with Gasteiger partial charge in [-0.05, 0) is 45.7 Å². The van der Waals surface area contributed by atoms with Gasteiger partial charge in [-0.25, -0.2) is 0 Å². The Morgan fingerprint density at radius 2 is 2.04 bits per heavy atom. The Bertz CT molecular complexity index is 515. The van der Waals surface area contributed by atoms with Gasteiger partial charge in [-0.3, -0.25) is 4.99 Å². The van der Waals surface area contributed by atoms with Crippen molar-refractivity contribution in [3.63, 3.8) is 0 Å². The normalized spacial score (nSPS) is 16.7. The molecule has 0 spiro atoms. The van der Waals surface area contributed by atoms with E-state index in [1.54, 1.807) is 7.05 Å². The van der Waals surface area contributed by atoms with E-state index in [0.717, 1.165) is 42.7 Å². The highest BCUT2D eigenvalue weighted by molar-refractivity contribution is 5.79. The van der Waals surface area contributed by atoms with Crippen LogP contribution in [0.25, 0.3) is 0 Å². The molecule has 2 rings (SSSR count). The average molecular weight is 335 g/mol. The third-order valence-corrected chi connectivity index (χ3v) is 4.94. The van der Waals surface area contributed by atoms with E-state index in [0.29, 0.717) is 18.5 Å². The number of hydrogen-bond donors (Lipinski definition) is 2. The second-order valence-corrected chi connectivity index (χ2v) is 6.91. The topological polar surface area (TPSA) is 65.7 Å². The van der Waals surface area contributed by atoms with Crippen molar-refractivity contribution in [1.29, 1.82) is 0 Å². The second kappa shape index (κ2) is 9.06. The minimum Gasteiger partial charge on any atom is -0.359 e. The molecule has 1 aliphatic carbocycles. The zero-order chi connectivity index (χ0) is 17.5. The number of guanidine groups is 1. The van der Waals surface area contributed by atoms with Crippen LogP contribution in [0.15, 0.2) is 15.6 Å². The summed E-state index contributed by atoms with van der Waals surface area (Å²) < 4.78 is 5.45. The molecule has 0 bridgehead atoms. The Balaban J connectivity index is 1.81. The lowest BCUT2D eigenvalue weighted by Crippen LogP contribution is -2.45. The van der Waals surface area contributed by atoms with Crippen LogP contribution in [-0.2, 0) is 6.54 Å². The summed E-state index contributed by atoms with van der Waals surface area (Å²) in [5.41, 5.74) is 1.06. The highest BCUT2D eigenvalue weighted by Gasteiger charge is 2.32. The lowest BCUT2D eigenvalue weighted by molar-refractivity contribution is 0.264. The first kappa shape index (κ1) is 18.8. The largest absolute Gasteiger partial charge is 0.359 e. The van der Waals surface area contributed by atoms with E-state index in [4.69, 9.17) is 4.52 Å². The Hall–Kier alpha value is -1.56. The molecular weight excluding hydrogens is 302 g/mol. The summed E-state index contributed by atoms with van der Waals surface area (Å²) >= 11 is 0. The summed E-state index contributed by atoms with van der Waals surface area (Å²) in [6.45, 7) is 5.89. The Kier molecular flexibility index (Phi) is 7.09. The van der Waals surface area contributed by atoms with Crippen molar-refractivity contribution in [2.24, 2.45) is 10.9 Å². The van der Waals surface area contributed by atoms with Gasteiger partial charge in [-0.15, -0.1) is 0 Å². The molecule has 0 radical (unpaired) electrons. The van der Waals surface area contributed by atoms with Gasteiger partial charge >= 0.3 is 0 Å². The molecule has 6 nitrogen and oxygen atoms in total. The van der Waals surface area contributed by atoms with Gasteiger partial charge in [0.1, 0.15) is 0 Å². The molecule has 1 fully saturated rings. The van der Waals surface area contributed by atoms with E-state index in [9.17, 15) is 0 Å². The minimum absolute atomic E-state index is 0.485. The number of hydrogen-bond acceptors (Lipinski definition) is 4. The molecule has 24 heavy (non-hydrogen) atoms. The smallest absolute Gasteiger partial charge is 0.191 e. The maximum absolute atomic E-state index is 5.45. The molecule has 0 aromatic carbocycles. The van der Waals surface area contributed by atoms with Crippen LogP contribution in [0.5, 0.6) is 0 Å². The second-order valence-electron chi connectivity index (χ2n) is 6.91. The van der Waals surface area contributed by atoms with Crippen LogP contribution >= 0.6 is 0 Å². The van der Waals surface area contributed by atoms with Crippen molar-refractivity contribution in [3.8, 4) is 0 Å². The van der Waals surface area contributed by atoms with Crippen molar-refractivity contribution in [2.75, 3.05) is 27.7 Å². The number of aromatic nitrogens is 1. The summed E-state index contributed by atoms with van der Waals surface area (Å²) in [7, 11) is 6.09. The predicted octanol–water partition coefficient (Wildman–Crippen LogP) is 2.58. The van der Waals surface area contributed by atoms with Gasteiger partial charge in [0.15, 0.2) is 11.7 Å². The third kappa shape index (κ3) is 5.23. The van der Waals surface area contributed by atoms with Gasteiger partial charge in [0.05, 0.1) is 12.2 Å². The van der Waals surface area contributed by atoms with E-state index in [1.165, 1.54) is 12.8 Å². The minimum atomic E-state index is 0.485. The van der Waals surface area contributed by atoms with E-state index >= 15 is 0 Å². The van der Waals surface area contributed by atoms with Gasteiger partial charge in [0.25, 0.3) is 0 Å². The standard InChI is InChI=1S/C18H33N5O/c1-6-13(7-2)16-10-15(24-22-16)11-20-18(19-3)21-12-17(23(4)5)14-8-9-14/h10,13-14,17H,6-9,11-12H2,1-5H3,(H2,19,20,21). The monoisotopic (exact) mass is 335 g/mol. The molecular formula is C18H33N5O. The lowest BCUT2D eigenvalue weighted by Gasteiger charge is -2.25. The van der Waals surface area contributed by atoms with Crippen LogP contribution in [0.2, 0.25) is 0 Å². The molecule has 6 heteroatoms. The van der Waals surface area contributed by atoms with Gasteiger partial charge in [0, 0.05) is 31.6 Å². The Labute approximate surface area is 146 Å². The predicted molar refractivity (Wildman–Crippen MR) is 98.2 cm³/mol. The number of nitrogens with zero attached hydrogens (tertiary/aromatic N) is 3. The SMILES string of the molecule is CCC(CC)c1cc(CNC(=NC)NCC(C2CC2)N(C)C)on1. The molecule has 1 aromatic heterocycles. The molecule has 0 aliphatic heterocycles. The summed E-state index contributed by atoms with van der Waals surface area (Å²) in [6, 6.07) is 2.63. The third-order valence-electron chi connectivity index (χ3n) is 4.94. The number of nitrogens with one attached hydrogen (secondary N) is 2. The van der Waals surface area contributed by atoms with Crippen LogP contribution in [0, 0.1) is 5.92 Å². The highest BCUT2D eigenvalue weighted by atomic mass is 16.5. The quantitative estimate of drug-likeness (QED) is 0.536. The van der Waals surface area contributed by atoms with Crippen LogP contribution < -0.4 is 10.6 Å². The molecule has 2 N–H and O–H groups in total. The van der Waals surface area contributed by atoms with Crippen molar-refractivity contribution >= 4 is 5.96 Å². The first-order valence-corrected chi connectivity index (χ1v) is 9.15. The van der Waals surface area contributed by atoms with Gasteiger partial charge in [-0.2, -0.15) is 0 Å². The summed E-state index contributed by atoms with van der Waals surface area (Å²) in [4.78, 5) is 6.60. The zero-order valence-electron chi connectivity index (χ0n) is 15.8. The maximum atomic E-state index is 5.45. The fourth-order valence-corrected chi connectivity index (χ4v) is 3.16. The zero-order valence-corrected chi connectivity index (χ0v) is 15.8. The van der Waals surface area contributed by atoms with E-state index in [-0.39, 0.29) is 0 Å². The van der Waals surface area contributed by atoms with Crippen molar-refractivity contribution in [2.45, 2.75) is 58.0 Å². The van der Waals surface area contributed by atoms with Gasteiger partial charge in [-0.1, -0.05) is 19.0 Å². The summed E-state index contributed by atoms with van der Waals surface area (Å²) in [6.07, 6.45) is 4.86. The summed E-state index contributed by atoms with van der Waals surface area (Å²) in [5, 5.41) is 11.0. The van der Waals surface area contributed by atoms with Gasteiger partial charge in [0.2, 0.25) is 0 Å². The average Bonchev–Trinajstić information content (AvgIpc) is 3.30. The lowest BCUT2D eigenvalue weighted by atomic mass is 9.99. The molecule has 136 valence electrons. The van der Waals surface area contributed by atoms with E-state index in [2.05, 4.69) is 59.7 Å². The van der Waals surface area contributed by atoms with Crippen LogP contribution in [0.4, 0.5) is 0 Å². The highest BCUT2D eigenvalue weighted by Crippen LogP contribution is 2.34. The van der Waals surface area contributed by atoms with E-state index in [1.807, 2.05) is 0 Å². The molecule has 0 amide bonds. The van der Waals surface area contributed by atoms with Crippen molar-refractivity contribution in [3.05, 3.63) is 17.5 Å². The van der Waals surface area contributed by atoms with Gasteiger partial charge < -0.3 is 20.1 Å². The number of aliphatic imine (C=N–C) groups is 1. The fourth-order valence-electron chi connectivity index (χ4n) is 3.16. The van der Waals surface area contributed by atoms with Crippen molar-refractivity contribution in [1.82, 2.24) is 20.7 Å². The number of likely N-dealkylation sites (N-methyl/N-ethyl adjacent to an activating group) is 1. The van der Waals surface area contributed by atoms with E-state index < -0.39 is 0 Å². The first-order valence-electron chi connectivity index (χ1n) is 9.15. The molecule has 1 heterocycles. The Morgan fingerprint density at radius 3 is 2.58 bits per heavy atom. The fraction of sp³-hybridized carbons (Fsp3) is 0.778. The molecule has 1 aromatic rings. The molecule has 1 atom stereocenters. The molecule has 1 unspecified atom stereocenters.